The molecular weight excluding hydrogens is 222 g/mol. The molecule has 2 rings (SSSR count). The number of nitrogens with zero attached hydrogens (tertiary/aromatic N) is 5. The molecule has 2 aromatic rings. The molecule has 6 heteroatoms. The third-order valence-corrected chi connectivity index (χ3v) is 1.86. The summed E-state index contributed by atoms with van der Waals surface area (Å²) in [4.78, 5) is 7.83. The Labute approximate surface area is 76.6 Å². The molecule has 0 radical (unpaired) electrons. The Hall–Kier alpha value is -1.30. The smallest absolute Gasteiger partial charge is 0.205 e. The van der Waals surface area contributed by atoms with E-state index in [4.69, 9.17) is 0 Å². The third-order valence-electron chi connectivity index (χ3n) is 1.32. The summed E-state index contributed by atoms with van der Waals surface area (Å²) in [6.45, 7) is 0. The second-order valence-electron chi connectivity index (χ2n) is 2.04. The fourth-order valence-electron chi connectivity index (χ4n) is 0.801. The van der Waals surface area contributed by atoms with Crippen molar-refractivity contribution in [2.75, 3.05) is 0 Å². The molecule has 0 bridgehead atoms. The average Bonchev–Trinajstić information content (AvgIpc) is 2.53. The molecule has 0 saturated carbocycles. The van der Waals surface area contributed by atoms with Gasteiger partial charge in [-0.2, -0.15) is 0 Å². The summed E-state index contributed by atoms with van der Waals surface area (Å²) in [5, 5.41) is 7.47. The van der Waals surface area contributed by atoms with Crippen LogP contribution in [0.4, 0.5) is 0 Å². The van der Waals surface area contributed by atoms with Gasteiger partial charge in [0.2, 0.25) is 4.73 Å². The van der Waals surface area contributed by atoms with Gasteiger partial charge in [0.25, 0.3) is 0 Å². The van der Waals surface area contributed by atoms with Crippen LogP contribution >= 0.6 is 15.9 Å². The highest BCUT2D eigenvalue weighted by atomic mass is 79.9. The molecule has 0 N–H and O–H groups in total. The molecule has 2 heterocycles. The predicted octanol–water partition coefficient (Wildman–Crippen LogP) is 0.820. The molecule has 2 aromatic heterocycles. The van der Waals surface area contributed by atoms with Gasteiger partial charge in [0.1, 0.15) is 18.5 Å². The zero-order valence-electron chi connectivity index (χ0n) is 5.92. The molecule has 60 valence electrons. The Balaban J connectivity index is 2.51. The number of halogens is 1. The van der Waals surface area contributed by atoms with Gasteiger partial charge < -0.3 is 0 Å². The van der Waals surface area contributed by atoms with Crippen molar-refractivity contribution in [3.8, 4) is 5.82 Å². The van der Waals surface area contributed by atoms with Gasteiger partial charge in [0, 0.05) is 6.20 Å². The molecule has 0 unspecified atom stereocenters. The summed E-state index contributed by atoms with van der Waals surface area (Å²) < 4.78 is 2.34. The molecular formula is C6H4BrN5. The van der Waals surface area contributed by atoms with Gasteiger partial charge in [0.05, 0.1) is 0 Å². The highest BCUT2D eigenvalue weighted by Gasteiger charge is 2.01. The molecule has 0 aliphatic carbocycles. The first-order chi connectivity index (χ1) is 5.88. The van der Waals surface area contributed by atoms with E-state index in [0.717, 1.165) is 5.82 Å². The second-order valence-corrected chi connectivity index (χ2v) is 2.75. The molecule has 0 aliphatic heterocycles. The van der Waals surface area contributed by atoms with Crippen molar-refractivity contribution >= 4 is 15.9 Å². The van der Waals surface area contributed by atoms with Crippen molar-refractivity contribution in [2.45, 2.75) is 0 Å². The number of hydrogen-bond donors (Lipinski definition) is 0. The summed E-state index contributed by atoms with van der Waals surface area (Å²) in [5.74, 6) is 0.738. The summed E-state index contributed by atoms with van der Waals surface area (Å²) >= 11 is 3.23. The molecule has 0 fully saturated rings. The van der Waals surface area contributed by atoms with Gasteiger partial charge >= 0.3 is 0 Å². The minimum Gasteiger partial charge on any atom is -0.260 e. The molecule has 0 saturated heterocycles. The zero-order chi connectivity index (χ0) is 8.39. The highest BCUT2D eigenvalue weighted by Crippen LogP contribution is 2.09. The van der Waals surface area contributed by atoms with Crippen LogP contribution in [0.25, 0.3) is 5.82 Å². The van der Waals surface area contributed by atoms with Crippen LogP contribution in [0.1, 0.15) is 0 Å². The van der Waals surface area contributed by atoms with Crippen molar-refractivity contribution in [2.24, 2.45) is 0 Å². The van der Waals surface area contributed by atoms with E-state index in [1.807, 2.05) is 0 Å². The molecule has 0 aliphatic rings. The summed E-state index contributed by atoms with van der Waals surface area (Å²) in [6.07, 6.45) is 4.71. The van der Waals surface area contributed by atoms with E-state index >= 15 is 0 Å². The summed E-state index contributed by atoms with van der Waals surface area (Å²) in [5.41, 5.74) is 0. The van der Waals surface area contributed by atoms with E-state index in [-0.39, 0.29) is 0 Å². The molecule has 0 spiro atoms. The summed E-state index contributed by atoms with van der Waals surface area (Å²) in [7, 11) is 0. The van der Waals surface area contributed by atoms with E-state index in [1.165, 1.54) is 6.33 Å². The lowest BCUT2D eigenvalue weighted by molar-refractivity contribution is 0.943. The van der Waals surface area contributed by atoms with Crippen LogP contribution in [0.15, 0.2) is 29.7 Å². The maximum atomic E-state index is 4.02. The maximum absolute atomic E-state index is 4.02. The largest absolute Gasteiger partial charge is 0.260 e. The zero-order valence-corrected chi connectivity index (χ0v) is 7.51. The number of rotatable bonds is 1. The minimum absolute atomic E-state index is 0.626. The van der Waals surface area contributed by atoms with Gasteiger partial charge in [0.15, 0.2) is 0 Å². The number of hydrogen-bond acceptors (Lipinski definition) is 4. The first-order valence-electron chi connectivity index (χ1n) is 3.20. The van der Waals surface area contributed by atoms with Gasteiger partial charge in [-0.25, -0.2) is 9.97 Å². The third kappa shape index (κ3) is 1.20. The Morgan fingerprint density at radius 2 is 2.33 bits per heavy atom. The fourth-order valence-corrected chi connectivity index (χ4v) is 1.17. The van der Waals surface area contributed by atoms with Crippen LogP contribution in [0.3, 0.4) is 0 Å². The van der Waals surface area contributed by atoms with Crippen molar-refractivity contribution in [3.63, 3.8) is 0 Å². The molecule has 0 amide bonds. The topological polar surface area (TPSA) is 56.5 Å². The first kappa shape index (κ1) is 7.35. The Morgan fingerprint density at radius 1 is 1.42 bits per heavy atom. The van der Waals surface area contributed by atoms with E-state index in [2.05, 4.69) is 36.1 Å². The van der Waals surface area contributed by atoms with E-state index in [0.29, 0.717) is 4.73 Å². The van der Waals surface area contributed by atoms with Gasteiger partial charge in [-0.3, -0.25) is 4.57 Å². The normalized spacial score (nSPS) is 10.1. The maximum Gasteiger partial charge on any atom is 0.205 e. The molecule has 0 atom stereocenters. The van der Waals surface area contributed by atoms with Crippen LogP contribution in [-0.4, -0.2) is 24.7 Å². The molecule has 12 heavy (non-hydrogen) atoms. The lowest BCUT2D eigenvalue weighted by Gasteiger charge is -1.98. The van der Waals surface area contributed by atoms with E-state index in [1.54, 1.807) is 23.2 Å². The first-order valence-corrected chi connectivity index (χ1v) is 3.99. The summed E-state index contributed by atoms with van der Waals surface area (Å²) in [6, 6.07) is 1.77. The SMILES string of the molecule is Brc1nncn1-c1ccncn1. The highest BCUT2D eigenvalue weighted by molar-refractivity contribution is 9.10. The Bertz CT molecular complexity index is 370. The monoisotopic (exact) mass is 225 g/mol. The van der Waals surface area contributed by atoms with E-state index < -0.39 is 0 Å². The lowest BCUT2D eigenvalue weighted by atomic mass is 10.6. The Morgan fingerprint density at radius 3 is 2.92 bits per heavy atom. The second kappa shape index (κ2) is 2.98. The predicted molar refractivity (Wildman–Crippen MR) is 44.6 cm³/mol. The van der Waals surface area contributed by atoms with Gasteiger partial charge in [-0.1, -0.05) is 0 Å². The van der Waals surface area contributed by atoms with Crippen molar-refractivity contribution in [1.29, 1.82) is 0 Å². The molecule has 0 aromatic carbocycles. The van der Waals surface area contributed by atoms with Crippen LogP contribution in [-0.2, 0) is 0 Å². The van der Waals surface area contributed by atoms with Crippen LogP contribution in [0.2, 0.25) is 0 Å². The quantitative estimate of drug-likeness (QED) is 0.722. The number of aromatic nitrogens is 5. The fraction of sp³-hybridized carbons (Fsp3) is 0. The van der Waals surface area contributed by atoms with Gasteiger partial charge in [-0.15, -0.1) is 10.2 Å². The van der Waals surface area contributed by atoms with Crippen LogP contribution in [0, 0.1) is 0 Å². The van der Waals surface area contributed by atoms with Crippen molar-refractivity contribution in [3.05, 3.63) is 29.7 Å². The minimum atomic E-state index is 0.626. The van der Waals surface area contributed by atoms with Crippen LogP contribution < -0.4 is 0 Å². The van der Waals surface area contributed by atoms with Crippen LogP contribution in [0.5, 0.6) is 0 Å². The molecule has 5 nitrogen and oxygen atoms in total. The van der Waals surface area contributed by atoms with E-state index in [9.17, 15) is 0 Å². The Kier molecular flexibility index (Phi) is 1.83. The van der Waals surface area contributed by atoms with Crippen molar-refractivity contribution in [1.82, 2.24) is 24.7 Å². The van der Waals surface area contributed by atoms with Gasteiger partial charge in [-0.05, 0) is 22.0 Å². The lowest BCUT2D eigenvalue weighted by Crippen LogP contribution is -1.95. The average molecular weight is 226 g/mol. The standard InChI is InChI=1S/C6H4BrN5/c7-6-11-10-4-12(6)5-1-2-8-3-9-5/h1-4H. The van der Waals surface area contributed by atoms with Crippen molar-refractivity contribution < 1.29 is 0 Å².